The van der Waals surface area contributed by atoms with Crippen LogP contribution in [-0.4, -0.2) is 14.9 Å². The maximum atomic E-state index is 12.5. The molecule has 1 radical (unpaired) electrons. The van der Waals surface area contributed by atoms with Crippen molar-refractivity contribution in [1.29, 1.82) is 0 Å². The Hall–Kier alpha value is -1.78. The Morgan fingerprint density at radius 2 is 1.54 bits per heavy atom. The van der Waals surface area contributed by atoms with Crippen LogP contribution in [0.3, 0.4) is 0 Å². The minimum absolute atomic E-state index is 0. The van der Waals surface area contributed by atoms with Crippen LogP contribution in [-0.2, 0) is 52.6 Å². The smallest absolute Gasteiger partial charge is 0.278 e. The second-order valence-electron chi connectivity index (χ2n) is 5.90. The first-order valence-electron chi connectivity index (χ1n) is 8.97. The predicted molar refractivity (Wildman–Crippen MR) is 113 cm³/mol. The summed E-state index contributed by atoms with van der Waals surface area (Å²) in [4.78, 5) is 12.5. The van der Waals surface area contributed by atoms with Gasteiger partial charge in [0.25, 0.3) is 5.56 Å². The van der Waals surface area contributed by atoms with Crippen molar-refractivity contribution in [2.24, 2.45) is 7.05 Å². The van der Waals surface area contributed by atoms with Gasteiger partial charge in [-0.15, -0.1) is 0 Å². The van der Waals surface area contributed by atoms with Crippen molar-refractivity contribution in [1.82, 2.24) is 9.78 Å². The van der Waals surface area contributed by atoms with Gasteiger partial charge in [-0.1, -0.05) is 68.4 Å². The molecule has 0 unspecified atom stereocenters. The average Bonchev–Trinajstić information content (AvgIpc) is 2.68. The normalized spacial score (nSPS) is 9.43. The number of rotatable bonds is 4. The molecule has 0 saturated carbocycles. The van der Waals surface area contributed by atoms with Gasteiger partial charge in [0, 0.05) is 39.8 Å². The summed E-state index contributed by atoms with van der Waals surface area (Å²) in [5.74, 6) is -0.0108. The van der Waals surface area contributed by atoms with Crippen molar-refractivity contribution >= 4 is 0 Å². The van der Waals surface area contributed by atoms with Crippen molar-refractivity contribution in [3.05, 3.63) is 89.2 Å². The molecule has 0 fully saturated rings. The third-order valence-corrected chi connectivity index (χ3v) is 4.20. The molecule has 0 atom stereocenters. The zero-order chi connectivity index (χ0) is 19.1. The van der Waals surface area contributed by atoms with Gasteiger partial charge in [-0.25, -0.2) is 4.68 Å². The molecule has 0 aliphatic carbocycles. The first-order valence-corrected chi connectivity index (χ1v) is 8.97. The van der Waals surface area contributed by atoms with Crippen molar-refractivity contribution in [3.8, 4) is 16.9 Å². The number of hydrogen-bond donors (Lipinski definition) is 1. The minimum Gasteiger partial charge on any atom is -0.505 e. The van der Waals surface area contributed by atoms with Gasteiger partial charge in [-0.3, -0.25) is 4.79 Å². The molecule has 5 heteroatoms. The molecule has 0 aliphatic rings. The second kappa shape index (κ2) is 12.6. The van der Waals surface area contributed by atoms with Crippen LogP contribution in [0.5, 0.6) is 5.75 Å². The van der Waals surface area contributed by atoms with Gasteiger partial charge in [0.15, 0.2) is 5.75 Å². The van der Waals surface area contributed by atoms with E-state index in [0.29, 0.717) is 17.7 Å². The van der Waals surface area contributed by atoms with Crippen LogP contribution in [0.25, 0.3) is 11.1 Å². The molecular weight excluding hydrogens is 425 g/mol. The fourth-order valence-electron chi connectivity index (χ4n) is 2.85. The minimum atomic E-state index is -0.287. The Labute approximate surface area is 193 Å². The number of aryl methyl sites for hydroxylation is 4. The summed E-state index contributed by atoms with van der Waals surface area (Å²) in [5, 5.41) is 14.9. The van der Waals surface area contributed by atoms with Crippen LogP contribution in [0, 0.1) is 14.4 Å². The van der Waals surface area contributed by atoms with Crippen LogP contribution in [0.2, 0.25) is 0 Å². The molecule has 3 rings (SSSR count). The van der Waals surface area contributed by atoms with Gasteiger partial charge in [0.2, 0.25) is 0 Å². The third kappa shape index (κ3) is 6.11. The van der Waals surface area contributed by atoms with Crippen molar-refractivity contribution in [2.45, 2.75) is 33.6 Å². The SMILES string of the molecule is CC.Cc1ccccc1-c1c(O)c(CCc2ccccc2)nn(C)c1=O.[CH3-].[Y]. The van der Waals surface area contributed by atoms with E-state index in [2.05, 4.69) is 5.10 Å². The number of hydrogen-bond acceptors (Lipinski definition) is 3. The van der Waals surface area contributed by atoms with E-state index in [-0.39, 0.29) is 51.4 Å². The molecule has 0 amide bonds. The molecule has 2 aromatic carbocycles. The first kappa shape index (κ1) is 26.2. The standard InChI is InChI=1S/C20H20N2O2.C2H6.CH3.Y/c1-14-8-6-7-11-16(14)18-19(23)17(21-22(2)20(18)24)13-12-15-9-4-3-5-10-15;1-2;;/h3-11,23H,12-13H2,1-2H3;1-2H3;1H3;/q;;-1;. The van der Waals surface area contributed by atoms with Gasteiger partial charge < -0.3 is 12.5 Å². The van der Waals surface area contributed by atoms with Crippen molar-refractivity contribution < 1.29 is 37.8 Å². The number of aromatic hydroxyl groups is 1. The molecule has 0 spiro atoms. The maximum Gasteiger partial charge on any atom is 0.278 e. The van der Waals surface area contributed by atoms with Gasteiger partial charge in [-0.05, 0) is 36.5 Å². The Kier molecular flexibility index (Phi) is 11.8. The van der Waals surface area contributed by atoms with Crippen LogP contribution < -0.4 is 5.56 Å². The van der Waals surface area contributed by atoms with E-state index < -0.39 is 0 Å². The molecule has 3 aromatic rings. The van der Waals surface area contributed by atoms with Gasteiger partial charge in [0.05, 0.1) is 5.56 Å². The number of benzene rings is 2. The summed E-state index contributed by atoms with van der Waals surface area (Å²) >= 11 is 0. The zero-order valence-electron chi connectivity index (χ0n) is 17.4. The molecule has 1 heterocycles. The summed E-state index contributed by atoms with van der Waals surface area (Å²) in [5.41, 5.74) is 3.45. The Balaban J connectivity index is 0.00000177. The summed E-state index contributed by atoms with van der Waals surface area (Å²) < 4.78 is 1.31. The molecular formula is C23H29N2O2Y-. The van der Waals surface area contributed by atoms with Gasteiger partial charge in [-0.2, -0.15) is 5.10 Å². The summed E-state index contributed by atoms with van der Waals surface area (Å²) in [6, 6.07) is 17.6. The Bertz CT molecular complexity index is 922. The monoisotopic (exact) mass is 454 g/mol. The first-order chi connectivity index (χ1) is 12.6. The van der Waals surface area contributed by atoms with E-state index >= 15 is 0 Å². The second-order valence-corrected chi connectivity index (χ2v) is 5.90. The van der Waals surface area contributed by atoms with Crippen LogP contribution in [0.1, 0.15) is 30.7 Å². The molecule has 1 N–H and O–H groups in total. The fraction of sp³-hybridized carbons (Fsp3) is 0.261. The van der Waals surface area contributed by atoms with Crippen molar-refractivity contribution in [3.63, 3.8) is 0 Å². The number of aromatic nitrogens is 2. The van der Waals surface area contributed by atoms with Crippen LogP contribution in [0.4, 0.5) is 0 Å². The molecule has 4 nitrogen and oxygen atoms in total. The topological polar surface area (TPSA) is 55.1 Å². The maximum absolute atomic E-state index is 12.5. The van der Waals surface area contributed by atoms with Crippen molar-refractivity contribution in [2.75, 3.05) is 0 Å². The van der Waals surface area contributed by atoms with Crippen LogP contribution >= 0.6 is 0 Å². The fourth-order valence-corrected chi connectivity index (χ4v) is 2.85. The van der Waals surface area contributed by atoms with E-state index in [1.54, 1.807) is 7.05 Å². The third-order valence-electron chi connectivity index (χ3n) is 4.20. The molecule has 1 aromatic heterocycles. The summed E-state index contributed by atoms with van der Waals surface area (Å²) in [6.45, 7) is 5.93. The van der Waals surface area contributed by atoms with E-state index in [4.69, 9.17) is 0 Å². The molecule has 0 bridgehead atoms. The van der Waals surface area contributed by atoms with Gasteiger partial charge >= 0.3 is 0 Å². The van der Waals surface area contributed by atoms with E-state index in [1.165, 1.54) is 10.2 Å². The van der Waals surface area contributed by atoms with E-state index in [9.17, 15) is 9.90 Å². The average molecular weight is 454 g/mol. The Morgan fingerprint density at radius 3 is 2.14 bits per heavy atom. The zero-order valence-corrected chi connectivity index (χ0v) is 20.3. The van der Waals surface area contributed by atoms with Gasteiger partial charge in [0.1, 0.15) is 5.69 Å². The summed E-state index contributed by atoms with van der Waals surface area (Å²) in [7, 11) is 1.62. The molecule has 0 saturated heterocycles. The summed E-state index contributed by atoms with van der Waals surface area (Å²) in [6.07, 6.45) is 1.33. The Morgan fingerprint density at radius 1 is 0.964 bits per heavy atom. The van der Waals surface area contributed by atoms with E-state index in [1.807, 2.05) is 75.4 Å². The molecule has 147 valence electrons. The quantitative estimate of drug-likeness (QED) is 0.581. The van der Waals surface area contributed by atoms with E-state index in [0.717, 1.165) is 17.5 Å². The molecule has 0 aliphatic heterocycles. The number of nitrogens with zero attached hydrogens (tertiary/aromatic N) is 2. The molecule has 28 heavy (non-hydrogen) atoms. The predicted octanol–water partition coefficient (Wildman–Crippen LogP) is 4.72. The largest absolute Gasteiger partial charge is 0.505 e. The van der Waals surface area contributed by atoms with Crippen LogP contribution in [0.15, 0.2) is 59.4 Å².